The highest BCUT2D eigenvalue weighted by atomic mass is 16.1. The number of aromatic nitrogens is 1. The molecule has 1 atom stereocenters. The summed E-state index contributed by atoms with van der Waals surface area (Å²) in [6.07, 6.45) is 2.64. The van der Waals surface area contributed by atoms with Crippen molar-refractivity contribution in [3.8, 4) is 0 Å². The highest BCUT2D eigenvalue weighted by Gasteiger charge is 2.15. The van der Waals surface area contributed by atoms with Gasteiger partial charge in [-0.3, -0.25) is 9.59 Å². The first kappa shape index (κ1) is 24.8. The Bertz CT molecular complexity index is 1230. The largest absolute Gasteiger partial charge is 0.385 e. The average molecular weight is 456 g/mol. The van der Waals surface area contributed by atoms with Gasteiger partial charge in [-0.2, -0.15) is 0 Å². The van der Waals surface area contributed by atoms with Gasteiger partial charge in [0, 0.05) is 40.3 Å². The summed E-state index contributed by atoms with van der Waals surface area (Å²) >= 11 is 0. The van der Waals surface area contributed by atoms with E-state index in [9.17, 15) is 9.59 Å². The molecule has 0 saturated heterocycles. The van der Waals surface area contributed by atoms with E-state index in [0.717, 1.165) is 46.6 Å². The van der Waals surface area contributed by atoms with E-state index >= 15 is 0 Å². The number of amides is 1. The van der Waals surface area contributed by atoms with Gasteiger partial charge in [0.2, 0.25) is 0 Å². The van der Waals surface area contributed by atoms with Crippen LogP contribution < -0.4 is 10.6 Å². The SMILES string of the molecule is C=C(NCC)c1c(C)[nH]c(/C=C(\C=O)c2cccc(C(=O)NC(C)c3ccc(C)cc3)c2)c1C. The van der Waals surface area contributed by atoms with Gasteiger partial charge < -0.3 is 15.6 Å². The van der Waals surface area contributed by atoms with Crippen LogP contribution in [0.25, 0.3) is 17.3 Å². The minimum atomic E-state index is -0.184. The lowest BCUT2D eigenvalue weighted by Crippen LogP contribution is -2.26. The van der Waals surface area contributed by atoms with E-state index in [1.165, 1.54) is 5.56 Å². The molecule has 5 nitrogen and oxygen atoms in total. The van der Waals surface area contributed by atoms with Gasteiger partial charge in [-0.05, 0) is 69.5 Å². The van der Waals surface area contributed by atoms with Crippen LogP contribution in [0.4, 0.5) is 0 Å². The number of nitrogens with one attached hydrogen (secondary N) is 3. The Morgan fingerprint density at radius 2 is 1.76 bits per heavy atom. The Balaban J connectivity index is 1.86. The Morgan fingerprint density at radius 3 is 2.41 bits per heavy atom. The monoisotopic (exact) mass is 455 g/mol. The molecule has 1 unspecified atom stereocenters. The molecule has 0 fully saturated rings. The fourth-order valence-electron chi connectivity index (χ4n) is 4.07. The van der Waals surface area contributed by atoms with Crippen molar-refractivity contribution in [1.29, 1.82) is 0 Å². The molecule has 0 saturated carbocycles. The topological polar surface area (TPSA) is 74.0 Å². The molecular weight excluding hydrogens is 422 g/mol. The third-order valence-electron chi connectivity index (χ3n) is 5.98. The molecule has 0 aliphatic heterocycles. The number of hydrogen-bond acceptors (Lipinski definition) is 3. The molecule has 34 heavy (non-hydrogen) atoms. The van der Waals surface area contributed by atoms with Crippen molar-refractivity contribution in [2.75, 3.05) is 6.54 Å². The number of aryl methyl sites for hydroxylation is 2. The normalized spacial score (nSPS) is 12.2. The first-order valence-electron chi connectivity index (χ1n) is 11.5. The van der Waals surface area contributed by atoms with Crippen LogP contribution in [0.15, 0.2) is 55.1 Å². The van der Waals surface area contributed by atoms with Crippen LogP contribution >= 0.6 is 0 Å². The van der Waals surface area contributed by atoms with Gasteiger partial charge in [0.05, 0.1) is 6.04 Å². The number of aromatic amines is 1. The third kappa shape index (κ3) is 5.54. The number of H-pyrrole nitrogens is 1. The van der Waals surface area contributed by atoms with Crippen LogP contribution in [0.2, 0.25) is 0 Å². The molecule has 0 bridgehead atoms. The zero-order valence-electron chi connectivity index (χ0n) is 20.6. The second-order valence-corrected chi connectivity index (χ2v) is 8.58. The number of rotatable bonds is 9. The zero-order valence-corrected chi connectivity index (χ0v) is 20.6. The Labute approximate surface area is 202 Å². The number of hydrogen-bond donors (Lipinski definition) is 3. The molecule has 1 aromatic heterocycles. The van der Waals surface area contributed by atoms with Crippen molar-refractivity contribution >= 4 is 29.5 Å². The van der Waals surface area contributed by atoms with Crippen LogP contribution in [-0.4, -0.2) is 23.7 Å². The molecule has 5 heteroatoms. The second kappa shape index (κ2) is 10.8. The number of aldehydes is 1. The summed E-state index contributed by atoms with van der Waals surface area (Å²) in [6.45, 7) is 14.9. The van der Waals surface area contributed by atoms with Crippen molar-refractivity contribution < 1.29 is 9.59 Å². The van der Waals surface area contributed by atoms with Gasteiger partial charge in [0.25, 0.3) is 5.91 Å². The third-order valence-corrected chi connectivity index (χ3v) is 5.98. The van der Waals surface area contributed by atoms with Crippen molar-refractivity contribution in [3.05, 3.63) is 99.9 Å². The zero-order chi connectivity index (χ0) is 24.8. The van der Waals surface area contributed by atoms with Crippen LogP contribution in [0.3, 0.4) is 0 Å². The summed E-state index contributed by atoms with van der Waals surface area (Å²) in [5, 5.41) is 6.30. The predicted octanol–water partition coefficient (Wildman–Crippen LogP) is 5.75. The molecule has 0 aliphatic rings. The lowest BCUT2D eigenvalue weighted by atomic mass is 10.0. The van der Waals surface area contributed by atoms with Gasteiger partial charge in [0.15, 0.2) is 6.29 Å². The first-order valence-corrected chi connectivity index (χ1v) is 11.5. The number of benzene rings is 2. The van der Waals surface area contributed by atoms with Crippen molar-refractivity contribution in [1.82, 2.24) is 15.6 Å². The highest BCUT2D eigenvalue weighted by Crippen LogP contribution is 2.27. The van der Waals surface area contributed by atoms with Crippen LogP contribution in [-0.2, 0) is 4.79 Å². The lowest BCUT2D eigenvalue weighted by molar-refractivity contribution is -0.103. The van der Waals surface area contributed by atoms with Gasteiger partial charge in [0.1, 0.15) is 0 Å². The summed E-state index contributed by atoms with van der Waals surface area (Å²) in [5.74, 6) is -0.184. The minimum absolute atomic E-state index is 0.134. The molecular formula is C29H33N3O2. The standard InChI is InChI=1S/C29H33N3O2/c1-7-30-21(5)28-19(3)27(31-22(28)6)16-26(17-33)24-9-8-10-25(15-24)29(34)32-20(4)23-13-11-18(2)12-14-23/h8-17,20,30-31H,5,7H2,1-4,6H3,(H,32,34)/b26-16+. The number of carbonyl (C=O) groups excluding carboxylic acids is 2. The minimum Gasteiger partial charge on any atom is -0.385 e. The fourth-order valence-corrected chi connectivity index (χ4v) is 4.07. The summed E-state index contributed by atoms with van der Waals surface area (Å²) in [6, 6.07) is 15.1. The molecule has 3 aromatic rings. The van der Waals surface area contributed by atoms with Crippen LogP contribution in [0, 0.1) is 20.8 Å². The van der Waals surface area contributed by atoms with E-state index in [2.05, 4.69) is 22.2 Å². The maximum Gasteiger partial charge on any atom is 0.251 e. The van der Waals surface area contributed by atoms with E-state index in [1.54, 1.807) is 18.2 Å². The van der Waals surface area contributed by atoms with E-state index in [-0.39, 0.29) is 11.9 Å². The van der Waals surface area contributed by atoms with Crippen molar-refractivity contribution in [3.63, 3.8) is 0 Å². The molecule has 0 aliphatic carbocycles. The number of carbonyl (C=O) groups is 2. The summed E-state index contributed by atoms with van der Waals surface area (Å²) in [7, 11) is 0. The predicted molar refractivity (Wildman–Crippen MR) is 140 cm³/mol. The quantitative estimate of drug-likeness (QED) is 0.284. The maximum atomic E-state index is 12.9. The molecule has 3 rings (SSSR count). The molecule has 2 aromatic carbocycles. The van der Waals surface area contributed by atoms with E-state index < -0.39 is 0 Å². The first-order chi connectivity index (χ1) is 16.2. The Hall–Kier alpha value is -3.86. The molecule has 176 valence electrons. The second-order valence-electron chi connectivity index (χ2n) is 8.58. The van der Waals surface area contributed by atoms with Crippen LogP contribution in [0.5, 0.6) is 0 Å². The Morgan fingerprint density at radius 1 is 1.09 bits per heavy atom. The molecule has 3 N–H and O–H groups in total. The lowest BCUT2D eigenvalue weighted by Gasteiger charge is -2.15. The Kier molecular flexibility index (Phi) is 7.90. The number of allylic oxidation sites excluding steroid dienone is 1. The summed E-state index contributed by atoms with van der Waals surface area (Å²) < 4.78 is 0. The van der Waals surface area contributed by atoms with E-state index in [1.807, 2.05) is 71.0 Å². The molecule has 1 amide bonds. The average Bonchev–Trinajstić information content (AvgIpc) is 3.10. The molecule has 1 heterocycles. The van der Waals surface area contributed by atoms with E-state index in [0.29, 0.717) is 16.7 Å². The smallest absolute Gasteiger partial charge is 0.251 e. The van der Waals surface area contributed by atoms with Crippen LogP contribution in [0.1, 0.15) is 69.5 Å². The van der Waals surface area contributed by atoms with Crippen molar-refractivity contribution in [2.45, 2.75) is 40.7 Å². The maximum absolute atomic E-state index is 12.9. The van der Waals surface area contributed by atoms with Gasteiger partial charge in [-0.1, -0.05) is 48.5 Å². The summed E-state index contributed by atoms with van der Waals surface area (Å²) in [5.41, 5.74) is 8.61. The molecule has 0 radical (unpaired) electrons. The van der Waals surface area contributed by atoms with Crippen molar-refractivity contribution in [2.24, 2.45) is 0 Å². The molecule has 0 spiro atoms. The van der Waals surface area contributed by atoms with Gasteiger partial charge in [-0.15, -0.1) is 0 Å². The van der Waals surface area contributed by atoms with Gasteiger partial charge in [-0.25, -0.2) is 0 Å². The fraction of sp³-hybridized carbons (Fsp3) is 0.241. The summed E-state index contributed by atoms with van der Waals surface area (Å²) in [4.78, 5) is 28.3. The highest BCUT2D eigenvalue weighted by molar-refractivity contribution is 6.14. The van der Waals surface area contributed by atoms with Gasteiger partial charge >= 0.3 is 0 Å². The van der Waals surface area contributed by atoms with E-state index in [4.69, 9.17) is 0 Å².